The van der Waals surface area contributed by atoms with Gasteiger partial charge >= 0.3 is 0 Å². The van der Waals surface area contributed by atoms with Crippen LogP contribution in [0.25, 0.3) is 0 Å². The van der Waals surface area contributed by atoms with Crippen molar-refractivity contribution < 1.29 is 22.8 Å². The van der Waals surface area contributed by atoms with Crippen LogP contribution in [-0.4, -0.2) is 40.6 Å². The Balaban J connectivity index is 5.23. The van der Waals surface area contributed by atoms with Crippen LogP contribution in [0.2, 0.25) is 0 Å². The van der Waals surface area contributed by atoms with Gasteiger partial charge in [0, 0.05) is 13.2 Å². The van der Waals surface area contributed by atoms with Crippen LogP contribution in [0.3, 0.4) is 0 Å². The maximum Gasteiger partial charge on any atom is 0.274 e. The lowest BCUT2D eigenvalue weighted by molar-refractivity contribution is -0.0896. The summed E-state index contributed by atoms with van der Waals surface area (Å²) in [5, 5.41) is 0. The number of rotatable bonds is 10. The first kappa shape index (κ1) is 21.2. The molecule has 0 aliphatic rings. The molecule has 1 unspecified atom stereocenters. The third-order valence-electron chi connectivity index (χ3n) is 2.62. The van der Waals surface area contributed by atoms with Gasteiger partial charge < -0.3 is 14.0 Å². The lowest BCUT2D eigenvalue weighted by atomic mass is 10.3. The Morgan fingerprint density at radius 3 is 1.90 bits per heavy atom. The van der Waals surface area contributed by atoms with Crippen LogP contribution < -0.4 is 4.72 Å². The van der Waals surface area contributed by atoms with E-state index >= 15 is 0 Å². The van der Waals surface area contributed by atoms with Gasteiger partial charge in [0.2, 0.25) is 6.03 Å². The molecule has 128 valence electrons. The van der Waals surface area contributed by atoms with Gasteiger partial charge in [-0.3, -0.25) is 4.57 Å². The summed E-state index contributed by atoms with van der Waals surface area (Å²) in [5.74, 6) is -0.638. The number of nitrogens with one attached hydrogen (secondary N) is 1. The van der Waals surface area contributed by atoms with E-state index in [2.05, 4.69) is 4.72 Å². The largest absolute Gasteiger partial charge is 0.345 e. The van der Waals surface area contributed by atoms with E-state index in [1.807, 2.05) is 20.8 Å². The average molecular weight is 343 g/mol. The van der Waals surface area contributed by atoms with E-state index in [9.17, 15) is 8.77 Å². The summed E-state index contributed by atoms with van der Waals surface area (Å²) >= 11 is 0. The maximum absolute atomic E-state index is 13.2. The second kappa shape index (κ2) is 9.38. The molecule has 0 saturated carbocycles. The number of hydrogen-bond donors (Lipinski definition) is 1. The zero-order valence-corrected chi connectivity index (χ0v) is 15.9. The molecule has 0 aromatic heterocycles. The fourth-order valence-corrected chi connectivity index (χ4v) is 4.87. The predicted octanol–water partition coefficient (Wildman–Crippen LogP) is 3.06. The summed E-state index contributed by atoms with van der Waals surface area (Å²) < 4.78 is 44.2. The Morgan fingerprint density at radius 1 is 1.10 bits per heavy atom. The highest BCUT2D eigenvalue weighted by atomic mass is 32.2. The van der Waals surface area contributed by atoms with Gasteiger partial charge in [-0.15, -0.1) is 0 Å². The summed E-state index contributed by atoms with van der Waals surface area (Å²) in [7, 11) is -4.68. The summed E-state index contributed by atoms with van der Waals surface area (Å²) in [4.78, 5) is 0. The highest BCUT2D eigenvalue weighted by Crippen LogP contribution is 2.56. The highest BCUT2D eigenvalue weighted by Gasteiger charge is 2.42. The molecule has 0 rings (SSSR count). The molecule has 0 amide bonds. The van der Waals surface area contributed by atoms with Crippen molar-refractivity contribution in [2.24, 2.45) is 0 Å². The smallest absolute Gasteiger partial charge is 0.274 e. The Hall–Kier alpha value is 0.220. The first-order valence-electron chi connectivity index (χ1n) is 7.28. The second-order valence-corrected chi connectivity index (χ2v) is 10.2. The minimum Gasteiger partial charge on any atom is -0.345 e. The standard InChI is InChI=1S/C13H30NO5PS/c1-8-17-12(18-9-2)20(15,19-10-3)11(4)14-21(16)13(5,6)7/h11-12,14H,8-10H2,1-7H3/t11-,20?,21+/m1/s1. The number of ether oxygens (including phenoxy) is 2. The van der Waals surface area contributed by atoms with Gasteiger partial charge in [-0.05, 0) is 48.5 Å². The van der Waals surface area contributed by atoms with E-state index in [-0.39, 0.29) is 6.61 Å². The fourth-order valence-electron chi connectivity index (χ4n) is 1.50. The molecular formula is C13H30NO5PS. The van der Waals surface area contributed by atoms with E-state index in [0.717, 1.165) is 0 Å². The van der Waals surface area contributed by atoms with Crippen molar-refractivity contribution in [1.29, 1.82) is 0 Å². The monoisotopic (exact) mass is 343 g/mol. The van der Waals surface area contributed by atoms with Crippen molar-refractivity contribution in [2.75, 3.05) is 19.8 Å². The lowest BCUT2D eigenvalue weighted by Crippen LogP contribution is -2.41. The summed E-state index contributed by atoms with van der Waals surface area (Å²) in [6, 6.07) is -0.952. The fraction of sp³-hybridized carbons (Fsp3) is 1.00. The van der Waals surface area contributed by atoms with Gasteiger partial charge in [0.15, 0.2) is 0 Å². The molecule has 3 atom stereocenters. The third-order valence-corrected chi connectivity index (χ3v) is 7.23. The van der Waals surface area contributed by atoms with Gasteiger partial charge in [-0.25, -0.2) is 8.93 Å². The quantitative estimate of drug-likeness (QED) is 0.487. The Morgan fingerprint density at radius 2 is 1.57 bits per heavy atom. The van der Waals surface area contributed by atoms with E-state index in [1.54, 1.807) is 27.7 Å². The molecule has 1 N–H and O–H groups in total. The highest BCUT2D eigenvalue weighted by molar-refractivity contribution is 7.84. The molecule has 0 aromatic carbocycles. The molecule has 0 heterocycles. The Bertz CT molecular complexity index is 366. The van der Waals surface area contributed by atoms with E-state index in [1.165, 1.54) is 0 Å². The first-order valence-corrected chi connectivity index (χ1v) is 10.2. The van der Waals surface area contributed by atoms with Crippen molar-refractivity contribution in [2.45, 2.75) is 65.0 Å². The molecule has 8 heteroatoms. The molecule has 6 nitrogen and oxygen atoms in total. The van der Waals surface area contributed by atoms with Gasteiger partial charge in [0.05, 0.1) is 28.1 Å². The van der Waals surface area contributed by atoms with E-state index in [4.69, 9.17) is 14.0 Å². The SMILES string of the molecule is CCOC(OCC)P(=O)(OCC)[C@H](C)N[S@@](=O)C(C)(C)C. The van der Waals surface area contributed by atoms with Crippen LogP contribution in [0.1, 0.15) is 48.5 Å². The molecule has 21 heavy (non-hydrogen) atoms. The normalized spacial score (nSPS) is 18.5. The molecule has 0 radical (unpaired) electrons. The zero-order chi connectivity index (χ0) is 16.7. The summed E-state index contributed by atoms with van der Waals surface area (Å²) in [5.41, 5.74) is 0. The molecule has 0 aliphatic heterocycles. The van der Waals surface area contributed by atoms with Gasteiger partial charge in [-0.2, -0.15) is 0 Å². The molecular weight excluding hydrogens is 313 g/mol. The average Bonchev–Trinajstić information content (AvgIpc) is 2.37. The van der Waals surface area contributed by atoms with E-state index < -0.39 is 34.9 Å². The Kier molecular flexibility index (Phi) is 9.48. The van der Waals surface area contributed by atoms with Crippen LogP contribution in [0.4, 0.5) is 0 Å². The van der Waals surface area contributed by atoms with Crippen LogP contribution in [0.5, 0.6) is 0 Å². The Labute approximate surface area is 131 Å². The van der Waals surface area contributed by atoms with Crippen LogP contribution >= 0.6 is 7.37 Å². The molecule has 0 fully saturated rings. The second-order valence-electron chi connectivity index (χ2n) is 5.46. The van der Waals surface area contributed by atoms with E-state index in [0.29, 0.717) is 13.2 Å². The van der Waals surface area contributed by atoms with Crippen LogP contribution in [0.15, 0.2) is 0 Å². The predicted molar refractivity (Wildman–Crippen MR) is 86.8 cm³/mol. The van der Waals surface area contributed by atoms with Crippen molar-refractivity contribution in [3.63, 3.8) is 0 Å². The minimum atomic E-state index is -3.33. The lowest BCUT2D eigenvalue weighted by Gasteiger charge is -2.32. The molecule has 0 spiro atoms. The van der Waals surface area contributed by atoms with Crippen molar-refractivity contribution >= 4 is 18.4 Å². The molecule has 0 bridgehead atoms. The first-order chi connectivity index (χ1) is 9.63. The zero-order valence-electron chi connectivity index (χ0n) is 14.2. The molecule has 0 saturated heterocycles. The van der Waals surface area contributed by atoms with Gasteiger partial charge in [-0.1, -0.05) is 0 Å². The van der Waals surface area contributed by atoms with Gasteiger partial charge in [0.1, 0.15) is 0 Å². The number of hydrogen-bond acceptors (Lipinski definition) is 5. The van der Waals surface area contributed by atoms with Crippen LogP contribution in [-0.2, 0) is 29.5 Å². The molecule has 0 aliphatic carbocycles. The third kappa shape index (κ3) is 6.47. The van der Waals surface area contributed by atoms with Gasteiger partial charge in [0.25, 0.3) is 7.37 Å². The summed E-state index contributed by atoms with van der Waals surface area (Å²) in [6.45, 7) is 13.6. The maximum atomic E-state index is 13.2. The van der Waals surface area contributed by atoms with Crippen molar-refractivity contribution in [1.82, 2.24) is 4.72 Å². The van der Waals surface area contributed by atoms with Crippen LogP contribution in [0, 0.1) is 0 Å². The van der Waals surface area contributed by atoms with Crippen molar-refractivity contribution in [3.8, 4) is 0 Å². The topological polar surface area (TPSA) is 73.9 Å². The van der Waals surface area contributed by atoms with Crippen molar-refractivity contribution in [3.05, 3.63) is 0 Å². The summed E-state index contributed by atoms with van der Waals surface area (Å²) in [6.07, 6.45) is 0. The molecule has 0 aromatic rings. The minimum absolute atomic E-state index is 0.266.